The van der Waals surface area contributed by atoms with Crippen molar-refractivity contribution in [1.29, 1.82) is 0 Å². The van der Waals surface area contributed by atoms with Gasteiger partial charge in [0.05, 0.1) is 11.5 Å². The maximum atomic E-state index is 13.6. The first-order chi connectivity index (χ1) is 21.4. The average molecular weight is 608 g/mol. The summed E-state index contributed by atoms with van der Waals surface area (Å²) in [6.07, 6.45) is 13.3. The number of hydrogen-bond acceptors (Lipinski definition) is 6. The molecule has 2 aromatic carbocycles. The minimum absolute atomic E-state index is 0.0284. The number of amides is 3. The molecule has 10 nitrogen and oxygen atoms in total. The van der Waals surface area contributed by atoms with Crippen molar-refractivity contribution in [3.05, 3.63) is 75.8 Å². The van der Waals surface area contributed by atoms with Crippen LogP contribution in [0.3, 0.4) is 0 Å². The number of aliphatic hydroxyl groups is 1. The monoisotopic (exact) mass is 607 g/mol. The van der Waals surface area contributed by atoms with Crippen LogP contribution in [0.2, 0.25) is 0 Å². The predicted octanol–water partition coefficient (Wildman–Crippen LogP) is 4.84. The summed E-state index contributed by atoms with van der Waals surface area (Å²) < 4.78 is 0. The van der Waals surface area contributed by atoms with Gasteiger partial charge in [-0.25, -0.2) is 4.79 Å². The molecule has 3 amide bonds. The molecule has 2 aliphatic carbocycles. The van der Waals surface area contributed by atoms with Crippen LogP contribution in [0.1, 0.15) is 75.3 Å². The predicted molar refractivity (Wildman–Crippen MR) is 171 cm³/mol. The molecule has 0 spiro atoms. The van der Waals surface area contributed by atoms with E-state index in [4.69, 9.17) is 0 Å². The van der Waals surface area contributed by atoms with Gasteiger partial charge in [-0.15, -0.1) is 0 Å². The van der Waals surface area contributed by atoms with Crippen molar-refractivity contribution in [3.63, 3.8) is 0 Å². The molecule has 2 aromatic rings. The molecule has 0 aromatic heterocycles. The quantitative estimate of drug-likeness (QED) is 0.197. The Morgan fingerprint density at radius 3 is 2.02 bits per heavy atom. The van der Waals surface area contributed by atoms with Crippen LogP contribution in [0, 0.1) is 10.1 Å². The Labute approximate surface area is 261 Å². The highest BCUT2D eigenvalue weighted by atomic mass is 16.6. The first kappa shape index (κ1) is 33.4. The number of nitro benzene ring substituents is 1. The lowest BCUT2D eigenvalue weighted by Gasteiger charge is -2.41. The Morgan fingerprint density at radius 1 is 0.841 bits per heavy atom. The molecule has 1 atom stereocenters. The van der Waals surface area contributed by atoms with Gasteiger partial charge in [0.15, 0.2) is 0 Å². The van der Waals surface area contributed by atoms with Crippen molar-refractivity contribution in [1.82, 2.24) is 20.4 Å². The lowest BCUT2D eigenvalue weighted by Crippen LogP contribution is -2.54. The second-order valence-electron chi connectivity index (χ2n) is 12.2. The average Bonchev–Trinajstić information content (AvgIpc) is 3.06. The number of carbonyl (C=O) groups is 2. The molecule has 2 saturated carbocycles. The van der Waals surface area contributed by atoms with E-state index < -0.39 is 17.0 Å². The third-order valence-electron chi connectivity index (χ3n) is 9.13. The molecule has 0 radical (unpaired) electrons. The van der Waals surface area contributed by atoms with Gasteiger partial charge in [-0.2, -0.15) is 0 Å². The first-order valence-electron chi connectivity index (χ1n) is 16.4. The Balaban J connectivity index is 1.42. The second-order valence-corrected chi connectivity index (χ2v) is 12.2. The smallest absolute Gasteiger partial charge is 0.318 e. The van der Waals surface area contributed by atoms with E-state index in [1.807, 2.05) is 30.3 Å². The van der Waals surface area contributed by atoms with Crippen LogP contribution in [-0.4, -0.2) is 82.7 Å². The third-order valence-corrected chi connectivity index (χ3v) is 9.13. The zero-order valence-corrected chi connectivity index (χ0v) is 25.9. The summed E-state index contributed by atoms with van der Waals surface area (Å²) in [5.41, 5.74) is 1.75. The Bertz CT molecular complexity index is 1150. The molecule has 0 saturated heterocycles. The van der Waals surface area contributed by atoms with Crippen LogP contribution in [0.4, 0.5) is 10.5 Å². The van der Waals surface area contributed by atoms with E-state index in [9.17, 15) is 24.8 Å². The van der Waals surface area contributed by atoms with E-state index in [1.165, 1.54) is 81.2 Å². The zero-order valence-electron chi connectivity index (χ0n) is 25.9. The SMILES string of the molecule is O=C(NCCN(C1CCCCC1)C1CCCCC1)[C@H](Cc1ccc([N+](=O)[O-])cc1)NC(=O)N(CCO)CCc1ccccc1. The van der Waals surface area contributed by atoms with E-state index in [0.29, 0.717) is 37.2 Å². The summed E-state index contributed by atoms with van der Waals surface area (Å²) in [6, 6.07) is 15.7. The van der Waals surface area contributed by atoms with Gasteiger partial charge in [0, 0.05) is 56.8 Å². The highest BCUT2D eigenvalue weighted by Crippen LogP contribution is 2.29. The second kappa shape index (κ2) is 17.7. The Morgan fingerprint density at radius 2 is 1.45 bits per heavy atom. The molecule has 0 unspecified atom stereocenters. The number of urea groups is 1. The van der Waals surface area contributed by atoms with Gasteiger partial charge in [0.25, 0.3) is 5.69 Å². The summed E-state index contributed by atoms with van der Waals surface area (Å²) in [5, 5.41) is 26.8. The molecule has 2 fully saturated rings. The minimum atomic E-state index is -0.875. The van der Waals surface area contributed by atoms with E-state index in [2.05, 4.69) is 15.5 Å². The zero-order chi connectivity index (χ0) is 31.1. The number of carbonyl (C=O) groups excluding carboxylic acids is 2. The van der Waals surface area contributed by atoms with Crippen LogP contribution in [0.15, 0.2) is 54.6 Å². The number of nitrogens with zero attached hydrogens (tertiary/aromatic N) is 3. The standard InChI is InChI=1S/C34H49N5O5/c40-25-24-37(22-20-27-10-4-1-5-11-27)34(42)36-32(26-28-16-18-31(19-17-28)39(43)44)33(41)35-21-23-38(29-12-6-2-7-13-29)30-14-8-3-9-15-30/h1,4-5,10-11,16-19,29-30,32,40H,2-3,6-9,12-15,20-26H2,(H,35,41)(H,36,42)/t32-/m0/s1. The summed E-state index contributed by atoms with van der Waals surface area (Å²) >= 11 is 0. The molecule has 240 valence electrons. The van der Waals surface area contributed by atoms with Crippen molar-refractivity contribution in [3.8, 4) is 0 Å². The first-order valence-corrected chi connectivity index (χ1v) is 16.4. The molecule has 0 bridgehead atoms. The molecule has 0 heterocycles. The van der Waals surface area contributed by atoms with E-state index >= 15 is 0 Å². The third kappa shape index (κ3) is 10.3. The van der Waals surface area contributed by atoms with E-state index in [0.717, 1.165) is 12.1 Å². The molecular formula is C34H49N5O5. The van der Waals surface area contributed by atoms with Gasteiger partial charge in [-0.3, -0.25) is 19.8 Å². The summed E-state index contributed by atoms with van der Waals surface area (Å²) in [5.74, 6) is -0.282. The van der Waals surface area contributed by atoms with E-state index in [-0.39, 0.29) is 31.2 Å². The van der Waals surface area contributed by atoms with Gasteiger partial charge in [0.1, 0.15) is 6.04 Å². The van der Waals surface area contributed by atoms with Crippen molar-refractivity contribution >= 4 is 17.6 Å². The van der Waals surface area contributed by atoms with Crippen molar-refractivity contribution in [2.75, 3.05) is 32.8 Å². The number of nitrogens with one attached hydrogen (secondary N) is 2. The molecule has 4 rings (SSSR count). The number of nitro groups is 1. The Hall–Kier alpha value is -3.50. The highest BCUT2D eigenvalue weighted by molar-refractivity contribution is 5.87. The van der Waals surface area contributed by atoms with Crippen molar-refractivity contribution in [2.24, 2.45) is 0 Å². The summed E-state index contributed by atoms with van der Waals surface area (Å²) in [7, 11) is 0. The van der Waals surface area contributed by atoms with Crippen LogP contribution < -0.4 is 10.6 Å². The lowest BCUT2D eigenvalue weighted by molar-refractivity contribution is -0.384. The van der Waals surface area contributed by atoms with Gasteiger partial charge in [-0.1, -0.05) is 81.0 Å². The van der Waals surface area contributed by atoms with Crippen molar-refractivity contribution < 1.29 is 19.6 Å². The summed E-state index contributed by atoms with van der Waals surface area (Å²) in [4.78, 5) is 41.9. The van der Waals surface area contributed by atoms with Gasteiger partial charge < -0.3 is 20.6 Å². The fourth-order valence-corrected chi connectivity index (χ4v) is 6.70. The number of aliphatic hydroxyl groups excluding tert-OH is 1. The molecule has 0 aliphatic heterocycles. The molecular weight excluding hydrogens is 558 g/mol. The maximum absolute atomic E-state index is 13.6. The molecule has 3 N–H and O–H groups in total. The largest absolute Gasteiger partial charge is 0.395 e. The summed E-state index contributed by atoms with van der Waals surface area (Å²) in [6.45, 7) is 1.61. The molecule has 10 heteroatoms. The van der Waals surface area contributed by atoms with Crippen LogP contribution in [0.25, 0.3) is 0 Å². The fraction of sp³-hybridized carbons (Fsp3) is 0.588. The van der Waals surface area contributed by atoms with Gasteiger partial charge in [0.2, 0.25) is 5.91 Å². The molecule has 2 aliphatic rings. The lowest BCUT2D eigenvalue weighted by atomic mass is 9.88. The minimum Gasteiger partial charge on any atom is -0.395 e. The van der Waals surface area contributed by atoms with Gasteiger partial charge in [-0.05, 0) is 43.2 Å². The highest BCUT2D eigenvalue weighted by Gasteiger charge is 2.29. The number of non-ortho nitro benzene ring substituents is 1. The Kier molecular flexibility index (Phi) is 13.4. The number of rotatable bonds is 15. The van der Waals surface area contributed by atoms with Crippen LogP contribution in [0.5, 0.6) is 0 Å². The topological polar surface area (TPSA) is 128 Å². The number of hydrogen-bond donors (Lipinski definition) is 3. The van der Waals surface area contributed by atoms with Crippen LogP contribution >= 0.6 is 0 Å². The normalized spacial score (nSPS) is 16.8. The maximum Gasteiger partial charge on any atom is 0.318 e. The van der Waals surface area contributed by atoms with E-state index in [1.54, 1.807) is 12.1 Å². The van der Waals surface area contributed by atoms with Gasteiger partial charge >= 0.3 is 6.03 Å². The number of benzene rings is 2. The molecule has 44 heavy (non-hydrogen) atoms. The van der Waals surface area contributed by atoms with Crippen LogP contribution in [-0.2, 0) is 17.6 Å². The van der Waals surface area contributed by atoms with Crippen molar-refractivity contribution in [2.45, 2.75) is 95.2 Å². The fourth-order valence-electron chi connectivity index (χ4n) is 6.70.